The molecule has 2 aromatic rings. The van der Waals surface area contributed by atoms with Crippen molar-refractivity contribution < 1.29 is 0 Å². The van der Waals surface area contributed by atoms with E-state index in [2.05, 4.69) is 90.2 Å². The van der Waals surface area contributed by atoms with E-state index in [1.54, 1.807) is 0 Å². The highest BCUT2D eigenvalue weighted by atomic mass is 127. The third kappa shape index (κ3) is 2.65. The Labute approximate surface area is 135 Å². The summed E-state index contributed by atoms with van der Waals surface area (Å²) in [6, 6.07) is 22.2. The lowest BCUT2D eigenvalue weighted by Crippen LogP contribution is -2.33. The smallest absolute Gasteiger partial charge is 0.0538 e. The highest BCUT2D eigenvalue weighted by Gasteiger charge is 2.42. The maximum absolute atomic E-state index is 2.73. The molecular formula is C19H21I. The van der Waals surface area contributed by atoms with Crippen molar-refractivity contribution in [2.45, 2.75) is 35.5 Å². The van der Waals surface area contributed by atoms with Gasteiger partial charge < -0.3 is 0 Å². The topological polar surface area (TPSA) is 0 Å². The fourth-order valence-corrected chi connectivity index (χ4v) is 4.77. The highest BCUT2D eigenvalue weighted by Crippen LogP contribution is 2.54. The lowest BCUT2D eigenvalue weighted by molar-refractivity contribution is 0.293. The van der Waals surface area contributed by atoms with Crippen molar-refractivity contribution in [3.8, 4) is 0 Å². The molecule has 0 nitrogen and oxygen atoms in total. The standard InChI is InChI=1S/C19H21I/c1-15-12-13-19(20,17-10-6-3-7-11-17)18(14-15)16-8-4-2-5-9-16/h2-11,15,18H,12-14H2,1H3. The van der Waals surface area contributed by atoms with Crippen LogP contribution in [0.25, 0.3) is 0 Å². The van der Waals surface area contributed by atoms with Crippen molar-refractivity contribution in [1.29, 1.82) is 0 Å². The average molecular weight is 376 g/mol. The molecule has 1 aliphatic carbocycles. The molecule has 1 saturated carbocycles. The Bertz CT molecular complexity index is 548. The van der Waals surface area contributed by atoms with Crippen LogP contribution in [0.1, 0.15) is 43.2 Å². The molecule has 0 radical (unpaired) electrons. The Morgan fingerprint density at radius 2 is 1.55 bits per heavy atom. The Hall–Kier alpha value is -0.830. The summed E-state index contributed by atoms with van der Waals surface area (Å²) in [6.07, 6.45) is 3.90. The van der Waals surface area contributed by atoms with Crippen LogP contribution in [-0.4, -0.2) is 0 Å². The molecule has 3 unspecified atom stereocenters. The molecule has 20 heavy (non-hydrogen) atoms. The number of halogens is 1. The van der Waals surface area contributed by atoms with E-state index < -0.39 is 0 Å². The fourth-order valence-electron chi connectivity index (χ4n) is 3.48. The predicted molar refractivity (Wildman–Crippen MR) is 94.3 cm³/mol. The molecular weight excluding hydrogens is 355 g/mol. The second-order valence-electron chi connectivity index (χ2n) is 6.07. The van der Waals surface area contributed by atoms with Crippen LogP contribution >= 0.6 is 22.6 Å². The van der Waals surface area contributed by atoms with Gasteiger partial charge in [0.25, 0.3) is 0 Å². The van der Waals surface area contributed by atoms with Crippen LogP contribution in [0.3, 0.4) is 0 Å². The van der Waals surface area contributed by atoms with Gasteiger partial charge in [0.15, 0.2) is 0 Å². The third-order valence-electron chi connectivity index (χ3n) is 4.65. The van der Waals surface area contributed by atoms with Crippen molar-refractivity contribution >= 4 is 22.6 Å². The maximum Gasteiger partial charge on any atom is 0.0538 e. The quantitative estimate of drug-likeness (QED) is 0.451. The molecule has 0 heterocycles. The molecule has 0 aliphatic heterocycles. The van der Waals surface area contributed by atoms with E-state index in [4.69, 9.17) is 0 Å². The van der Waals surface area contributed by atoms with Crippen molar-refractivity contribution in [2.24, 2.45) is 5.92 Å². The Balaban J connectivity index is 2.03. The zero-order valence-electron chi connectivity index (χ0n) is 11.9. The molecule has 104 valence electrons. The Morgan fingerprint density at radius 1 is 0.950 bits per heavy atom. The second kappa shape index (κ2) is 5.88. The molecule has 1 aliphatic rings. The minimum atomic E-state index is 0.243. The summed E-state index contributed by atoms with van der Waals surface area (Å²) in [7, 11) is 0. The molecule has 3 atom stereocenters. The van der Waals surface area contributed by atoms with E-state index in [1.807, 2.05) is 0 Å². The van der Waals surface area contributed by atoms with Gasteiger partial charge in [0.1, 0.15) is 0 Å². The van der Waals surface area contributed by atoms with Gasteiger partial charge in [0.05, 0.1) is 3.42 Å². The van der Waals surface area contributed by atoms with Crippen LogP contribution in [0.4, 0.5) is 0 Å². The van der Waals surface area contributed by atoms with Gasteiger partial charge >= 0.3 is 0 Å². The van der Waals surface area contributed by atoms with Gasteiger partial charge in [0, 0.05) is 5.92 Å². The van der Waals surface area contributed by atoms with Gasteiger partial charge in [-0.05, 0) is 36.3 Å². The van der Waals surface area contributed by atoms with Crippen LogP contribution < -0.4 is 0 Å². The minimum Gasteiger partial charge on any atom is -0.0730 e. The lowest BCUT2D eigenvalue weighted by atomic mass is 9.69. The number of hydrogen-bond acceptors (Lipinski definition) is 0. The lowest BCUT2D eigenvalue weighted by Gasteiger charge is -2.43. The van der Waals surface area contributed by atoms with Crippen molar-refractivity contribution in [1.82, 2.24) is 0 Å². The molecule has 0 spiro atoms. The predicted octanol–water partition coefficient (Wildman–Crippen LogP) is 5.92. The van der Waals surface area contributed by atoms with Crippen LogP contribution in [0.5, 0.6) is 0 Å². The van der Waals surface area contributed by atoms with Crippen molar-refractivity contribution in [2.75, 3.05) is 0 Å². The van der Waals surface area contributed by atoms with Gasteiger partial charge in [-0.2, -0.15) is 0 Å². The molecule has 0 aromatic heterocycles. The molecule has 3 rings (SSSR count). The summed E-state index contributed by atoms with van der Waals surface area (Å²) in [6.45, 7) is 2.40. The van der Waals surface area contributed by atoms with Gasteiger partial charge in [-0.15, -0.1) is 0 Å². The molecule has 1 heteroatoms. The van der Waals surface area contributed by atoms with E-state index in [0.29, 0.717) is 5.92 Å². The second-order valence-corrected chi connectivity index (χ2v) is 8.00. The highest BCUT2D eigenvalue weighted by molar-refractivity contribution is 14.1. The van der Waals surface area contributed by atoms with Gasteiger partial charge in [-0.3, -0.25) is 0 Å². The zero-order valence-corrected chi connectivity index (χ0v) is 14.1. The van der Waals surface area contributed by atoms with Gasteiger partial charge in [-0.1, -0.05) is 90.2 Å². The van der Waals surface area contributed by atoms with Gasteiger partial charge in [0.2, 0.25) is 0 Å². The first-order valence-electron chi connectivity index (χ1n) is 7.49. The first-order valence-corrected chi connectivity index (χ1v) is 8.57. The Morgan fingerprint density at radius 3 is 2.20 bits per heavy atom. The van der Waals surface area contributed by atoms with Crippen molar-refractivity contribution in [3.63, 3.8) is 0 Å². The molecule has 1 fully saturated rings. The van der Waals surface area contributed by atoms with Crippen LogP contribution in [0.15, 0.2) is 60.7 Å². The third-order valence-corrected chi connectivity index (χ3v) is 6.56. The van der Waals surface area contributed by atoms with E-state index in [9.17, 15) is 0 Å². The summed E-state index contributed by atoms with van der Waals surface area (Å²) < 4.78 is 0.243. The van der Waals surface area contributed by atoms with E-state index in [1.165, 1.54) is 30.4 Å². The minimum absolute atomic E-state index is 0.243. The number of alkyl halides is 1. The number of rotatable bonds is 2. The number of hydrogen-bond donors (Lipinski definition) is 0. The van der Waals surface area contributed by atoms with E-state index in [0.717, 1.165) is 5.92 Å². The van der Waals surface area contributed by atoms with Gasteiger partial charge in [-0.25, -0.2) is 0 Å². The first kappa shape index (κ1) is 14.1. The normalized spacial score (nSPS) is 30.1. The summed E-state index contributed by atoms with van der Waals surface area (Å²) in [4.78, 5) is 0. The van der Waals surface area contributed by atoms with E-state index in [-0.39, 0.29) is 3.42 Å². The zero-order chi connectivity index (χ0) is 14.0. The molecule has 0 N–H and O–H groups in total. The van der Waals surface area contributed by atoms with E-state index >= 15 is 0 Å². The Kier molecular flexibility index (Phi) is 4.16. The summed E-state index contributed by atoms with van der Waals surface area (Å²) in [5.74, 6) is 1.45. The number of benzene rings is 2. The molecule has 0 bridgehead atoms. The molecule has 2 aromatic carbocycles. The van der Waals surface area contributed by atoms with Crippen LogP contribution in [-0.2, 0) is 3.42 Å². The first-order chi connectivity index (χ1) is 9.70. The van der Waals surface area contributed by atoms with Crippen LogP contribution in [0, 0.1) is 5.92 Å². The monoisotopic (exact) mass is 376 g/mol. The average Bonchev–Trinajstić information content (AvgIpc) is 2.51. The molecule has 0 amide bonds. The fraction of sp³-hybridized carbons (Fsp3) is 0.368. The van der Waals surface area contributed by atoms with Crippen LogP contribution in [0.2, 0.25) is 0 Å². The molecule has 0 saturated heterocycles. The van der Waals surface area contributed by atoms with Crippen molar-refractivity contribution in [3.05, 3.63) is 71.8 Å². The maximum atomic E-state index is 2.73. The summed E-state index contributed by atoms with van der Waals surface area (Å²) in [5, 5.41) is 0. The largest absolute Gasteiger partial charge is 0.0730 e. The SMILES string of the molecule is CC1CCC(I)(c2ccccc2)C(c2ccccc2)C1. The summed E-state index contributed by atoms with van der Waals surface area (Å²) >= 11 is 2.73. The summed E-state index contributed by atoms with van der Waals surface area (Å²) in [5.41, 5.74) is 2.98.